The summed E-state index contributed by atoms with van der Waals surface area (Å²) in [4.78, 5) is 0. The fourth-order valence-corrected chi connectivity index (χ4v) is 1.09. The summed E-state index contributed by atoms with van der Waals surface area (Å²) in [5.41, 5.74) is 4.50. The van der Waals surface area contributed by atoms with E-state index in [2.05, 4.69) is 5.73 Å². The maximum atomic E-state index is 10.2. The maximum absolute atomic E-state index is 10.2. The van der Waals surface area contributed by atoms with E-state index in [9.17, 15) is 8.42 Å². The van der Waals surface area contributed by atoms with Crippen molar-refractivity contribution >= 4 is 16.0 Å². The monoisotopic (exact) mass is 215 g/mol. The van der Waals surface area contributed by atoms with Crippen molar-refractivity contribution in [1.82, 2.24) is 0 Å². The average Bonchev–Trinajstić information content (AvgIpc) is 2.04. The Hall–Kier alpha value is -1.78. The minimum atomic E-state index is -4.13. The molecule has 76 valence electrons. The summed E-state index contributed by atoms with van der Waals surface area (Å²) in [6.07, 6.45) is 1.25. The van der Waals surface area contributed by atoms with E-state index in [0.717, 1.165) is 0 Å². The smallest absolute Gasteiger partial charge is 0.337 e. The van der Waals surface area contributed by atoms with Crippen LogP contribution in [-0.4, -0.2) is 13.0 Å². The highest BCUT2D eigenvalue weighted by molar-refractivity contribution is 7.87. The fraction of sp³-hybridized carbons (Fsp3) is 0. The summed E-state index contributed by atoms with van der Waals surface area (Å²) in [7, 11) is -4.13. The van der Waals surface area contributed by atoms with Crippen LogP contribution in [0, 0.1) is 11.5 Å². The normalized spacial score (nSPS) is 9.14. The zero-order valence-corrected chi connectivity index (χ0v) is 7.90. The molecule has 1 rings (SSSR count). The van der Waals surface area contributed by atoms with Crippen molar-refractivity contribution in [3.05, 3.63) is 30.3 Å². The van der Waals surface area contributed by atoms with E-state index < -0.39 is 10.3 Å². The quantitative estimate of drug-likeness (QED) is 0.373. The number of nitrogens with two attached hydrogens (primary N) is 1. The third-order valence-electron chi connectivity index (χ3n) is 1.02. The lowest BCUT2D eigenvalue weighted by Gasteiger charge is -1.99. The lowest BCUT2D eigenvalue weighted by atomic mass is 10.3. The number of nitriles is 1. The number of hydrogen-bond acceptors (Lipinski definition) is 4. The number of anilines is 1. The number of hydrogen-bond donors (Lipinski definition) is 3. The Morgan fingerprint density at radius 1 is 1.36 bits per heavy atom. The first-order valence-electron chi connectivity index (χ1n) is 3.39. The molecule has 0 aliphatic heterocycles. The van der Waals surface area contributed by atoms with Gasteiger partial charge in [0.1, 0.15) is 0 Å². The van der Waals surface area contributed by atoms with Gasteiger partial charge in [0, 0.05) is 0 Å². The third kappa shape index (κ3) is 6.90. The molecule has 0 radical (unpaired) electrons. The van der Waals surface area contributed by atoms with Crippen molar-refractivity contribution in [1.29, 1.82) is 5.26 Å². The molecule has 4 N–H and O–H groups in total. The van der Waals surface area contributed by atoms with Gasteiger partial charge in [0.15, 0.2) is 6.19 Å². The van der Waals surface area contributed by atoms with Crippen LogP contribution in [0.15, 0.2) is 30.3 Å². The maximum Gasteiger partial charge on any atom is 0.357 e. The van der Waals surface area contributed by atoms with Crippen LogP contribution in [0.2, 0.25) is 0 Å². The summed E-state index contributed by atoms with van der Waals surface area (Å²) < 4.78 is 30.7. The molecule has 0 aromatic heterocycles. The second-order valence-corrected chi connectivity index (χ2v) is 3.23. The van der Waals surface area contributed by atoms with E-state index >= 15 is 0 Å². The zero-order chi connectivity index (χ0) is 11.0. The van der Waals surface area contributed by atoms with Crippen LogP contribution in [0.4, 0.5) is 5.69 Å². The number of para-hydroxylation sites is 1. The first-order valence-corrected chi connectivity index (χ1v) is 4.83. The molecule has 0 aliphatic carbocycles. The van der Waals surface area contributed by atoms with Crippen molar-refractivity contribution in [2.24, 2.45) is 5.73 Å². The Morgan fingerprint density at radius 3 is 2.14 bits per heavy atom. The molecule has 0 unspecified atom stereocenters. The van der Waals surface area contributed by atoms with Crippen LogP contribution < -0.4 is 10.5 Å². The summed E-state index contributed by atoms with van der Waals surface area (Å²) in [5.74, 6) is 0. The zero-order valence-electron chi connectivity index (χ0n) is 7.08. The van der Waals surface area contributed by atoms with Crippen molar-refractivity contribution in [3.8, 4) is 6.19 Å². The molecule has 1 aromatic rings. The number of nitrogens with zero attached hydrogens (tertiary/aromatic N) is 1. The highest BCUT2D eigenvalue weighted by Gasteiger charge is 2.00. The van der Waals surface area contributed by atoms with Crippen LogP contribution in [0.5, 0.6) is 0 Å². The minimum absolute atomic E-state index is 0.343. The van der Waals surface area contributed by atoms with Gasteiger partial charge in [0.2, 0.25) is 0 Å². The molecule has 7 heteroatoms. The number of rotatable bonds is 2. The van der Waals surface area contributed by atoms with Crippen LogP contribution in [0.1, 0.15) is 0 Å². The molecule has 0 heterocycles. The summed E-state index contributed by atoms with van der Waals surface area (Å²) in [6, 6.07) is 8.14. The molecule has 14 heavy (non-hydrogen) atoms. The van der Waals surface area contributed by atoms with Gasteiger partial charge < -0.3 is 5.73 Å². The largest absolute Gasteiger partial charge is 0.357 e. The summed E-state index contributed by atoms with van der Waals surface area (Å²) in [5, 5.41) is 7.10. The Balaban J connectivity index is 0.000000500. The predicted molar refractivity (Wildman–Crippen MR) is 51.4 cm³/mol. The van der Waals surface area contributed by atoms with Gasteiger partial charge in [-0.05, 0) is 12.1 Å². The molecule has 0 saturated carbocycles. The molecule has 0 saturated heterocycles. The van der Waals surface area contributed by atoms with Crippen molar-refractivity contribution in [2.75, 3.05) is 4.72 Å². The van der Waals surface area contributed by atoms with E-state index in [1.165, 1.54) is 18.3 Å². The molecule has 0 amide bonds. The lowest BCUT2D eigenvalue weighted by Crippen LogP contribution is -2.09. The molecule has 0 atom stereocenters. The highest BCUT2D eigenvalue weighted by atomic mass is 32.2. The molecular weight excluding hydrogens is 206 g/mol. The Morgan fingerprint density at radius 2 is 1.79 bits per heavy atom. The SMILES string of the molecule is N#CN.O=S(=O)(O)Nc1ccccc1. The molecule has 1 aromatic carbocycles. The van der Waals surface area contributed by atoms with Gasteiger partial charge in [-0.25, -0.2) is 0 Å². The van der Waals surface area contributed by atoms with E-state index in [1.54, 1.807) is 18.2 Å². The Kier molecular flexibility index (Phi) is 5.06. The first-order chi connectivity index (χ1) is 6.49. The van der Waals surface area contributed by atoms with Crippen LogP contribution in [0.25, 0.3) is 0 Å². The lowest BCUT2D eigenvalue weighted by molar-refractivity contribution is 0.490. The molecule has 0 bridgehead atoms. The predicted octanol–water partition coefficient (Wildman–Crippen LogP) is 0.327. The van der Waals surface area contributed by atoms with Gasteiger partial charge in [0.25, 0.3) is 0 Å². The molecule has 0 fully saturated rings. The summed E-state index contributed by atoms with van der Waals surface area (Å²) in [6.45, 7) is 0. The van der Waals surface area contributed by atoms with Crippen molar-refractivity contribution in [2.45, 2.75) is 0 Å². The van der Waals surface area contributed by atoms with Gasteiger partial charge in [-0.1, -0.05) is 18.2 Å². The Labute approximate surface area is 81.8 Å². The van der Waals surface area contributed by atoms with Gasteiger partial charge >= 0.3 is 10.3 Å². The van der Waals surface area contributed by atoms with E-state index in [1.807, 2.05) is 4.72 Å². The molecule has 6 nitrogen and oxygen atoms in total. The van der Waals surface area contributed by atoms with Gasteiger partial charge in [0.05, 0.1) is 5.69 Å². The van der Waals surface area contributed by atoms with Crippen LogP contribution in [0.3, 0.4) is 0 Å². The highest BCUT2D eigenvalue weighted by Crippen LogP contribution is 2.05. The average molecular weight is 215 g/mol. The molecular formula is C7H9N3O3S. The second-order valence-electron chi connectivity index (χ2n) is 2.07. The minimum Gasteiger partial charge on any atom is -0.337 e. The summed E-state index contributed by atoms with van der Waals surface area (Å²) >= 11 is 0. The molecule has 0 spiro atoms. The topological polar surface area (TPSA) is 116 Å². The van der Waals surface area contributed by atoms with Gasteiger partial charge in [-0.2, -0.15) is 13.7 Å². The van der Waals surface area contributed by atoms with Crippen LogP contribution >= 0.6 is 0 Å². The van der Waals surface area contributed by atoms with Crippen LogP contribution in [-0.2, 0) is 10.3 Å². The van der Waals surface area contributed by atoms with Gasteiger partial charge in [-0.15, -0.1) is 0 Å². The van der Waals surface area contributed by atoms with Gasteiger partial charge in [-0.3, -0.25) is 9.27 Å². The standard InChI is InChI=1S/C6H7NO3S.CH2N2/c8-11(9,10)7-6-4-2-1-3-5-6;2-1-3/h1-5,7H,(H,8,9,10);2H2. The second kappa shape index (κ2) is 5.80. The number of nitrogens with one attached hydrogen (secondary N) is 1. The van der Waals surface area contributed by atoms with E-state index in [0.29, 0.717) is 5.69 Å². The van der Waals surface area contributed by atoms with Crippen molar-refractivity contribution < 1.29 is 13.0 Å². The third-order valence-corrected chi connectivity index (χ3v) is 1.51. The van der Waals surface area contributed by atoms with E-state index in [-0.39, 0.29) is 0 Å². The van der Waals surface area contributed by atoms with Crippen molar-refractivity contribution in [3.63, 3.8) is 0 Å². The fourth-order valence-electron chi connectivity index (χ4n) is 0.655. The van der Waals surface area contributed by atoms with E-state index in [4.69, 9.17) is 9.81 Å². The Bertz CT molecular complexity index is 396. The first kappa shape index (κ1) is 12.2. The molecule has 0 aliphatic rings. The number of benzene rings is 1.